The highest BCUT2D eigenvalue weighted by molar-refractivity contribution is 7.15. The number of nitrogens with one attached hydrogen (secondary N) is 2. The van der Waals surface area contributed by atoms with Crippen LogP contribution in [0.4, 0.5) is 11.4 Å². The Hall–Kier alpha value is -2.87. The van der Waals surface area contributed by atoms with Gasteiger partial charge in [0, 0.05) is 17.6 Å². The Balaban J connectivity index is 1.60. The Kier molecular flexibility index (Phi) is 3.23. The minimum absolute atomic E-state index is 0.00749. The van der Waals surface area contributed by atoms with Gasteiger partial charge in [0.15, 0.2) is 17.3 Å². The molecule has 0 saturated carbocycles. The molecule has 1 amide bonds. The summed E-state index contributed by atoms with van der Waals surface area (Å²) in [6, 6.07) is 6.96. The Morgan fingerprint density at radius 1 is 1.39 bits per heavy atom. The van der Waals surface area contributed by atoms with Gasteiger partial charge in [0.25, 0.3) is 11.5 Å². The monoisotopic (exact) mass is 328 g/mol. The smallest absolute Gasteiger partial charge is 0.262 e. The van der Waals surface area contributed by atoms with E-state index in [9.17, 15) is 9.59 Å². The number of para-hydroxylation sites is 1. The van der Waals surface area contributed by atoms with Crippen molar-refractivity contribution in [3.8, 4) is 5.75 Å². The minimum Gasteiger partial charge on any atom is -0.479 e. The summed E-state index contributed by atoms with van der Waals surface area (Å²) in [4.78, 5) is 28.4. The van der Waals surface area contributed by atoms with E-state index in [1.165, 1.54) is 21.8 Å². The molecule has 0 spiro atoms. The Morgan fingerprint density at radius 3 is 3.22 bits per heavy atom. The quantitative estimate of drug-likeness (QED) is 0.764. The van der Waals surface area contributed by atoms with E-state index in [2.05, 4.69) is 15.6 Å². The summed E-state index contributed by atoms with van der Waals surface area (Å²) in [7, 11) is 0. The van der Waals surface area contributed by atoms with Gasteiger partial charge in [-0.2, -0.15) is 0 Å². The van der Waals surface area contributed by atoms with Crippen LogP contribution in [0.15, 0.2) is 40.6 Å². The number of aromatic nitrogens is 2. The first-order chi connectivity index (χ1) is 11.2. The number of carbonyl (C=O) groups is 1. The second-order valence-corrected chi connectivity index (χ2v) is 5.89. The molecule has 0 bridgehead atoms. The maximum atomic E-state index is 12.0. The number of fused-ring (bicyclic) bond motifs is 2. The van der Waals surface area contributed by atoms with Crippen molar-refractivity contribution in [1.29, 1.82) is 0 Å². The molecule has 1 aliphatic heterocycles. The van der Waals surface area contributed by atoms with Crippen LogP contribution in [0, 0.1) is 0 Å². The molecule has 0 atom stereocenters. The highest BCUT2D eigenvalue weighted by Crippen LogP contribution is 2.35. The van der Waals surface area contributed by atoms with Crippen LogP contribution in [0.2, 0.25) is 0 Å². The molecule has 23 heavy (non-hydrogen) atoms. The molecule has 116 valence electrons. The van der Waals surface area contributed by atoms with E-state index in [1.807, 2.05) is 17.5 Å². The fourth-order valence-corrected chi connectivity index (χ4v) is 3.16. The van der Waals surface area contributed by atoms with Crippen molar-refractivity contribution in [2.75, 3.05) is 17.2 Å². The van der Waals surface area contributed by atoms with E-state index in [0.717, 1.165) is 5.69 Å². The number of hydrogen-bond donors (Lipinski definition) is 2. The van der Waals surface area contributed by atoms with Crippen LogP contribution in [-0.4, -0.2) is 21.9 Å². The molecule has 0 aliphatic carbocycles. The molecule has 0 unspecified atom stereocenters. The summed E-state index contributed by atoms with van der Waals surface area (Å²) >= 11 is 1.41. The first-order valence-corrected chi connectivity index (χ1v) is 7.84. The third kappa shape index (κ3) is 2.53. The van der Waals surface area contributed by atoms with Crippen molar-refractivity contribution in [2.24, 2.45) is 0 Å². The molecular formula is C15H12N4O3S. The molecule has 8 heteroatoms. The van der Waals surface area contributed by atoms with E-state index >= 15 is 0 Å². The van der Waals surface area contributed by atoms with Gasteiger partial charge in [-0.1, -0.05) is 6.07 Å². The van der Waals surface area contributed by atoms with Crippen LogP contribution in [0.1, 0.15) is 5.69 Å². The lowest BCUT2D eigenvalue weighted by molar-refractivity contribution is -0.118. The van der Waals surface area contributed by atoms with Crippen LogP contribution < -0.4 is 20.9 Å². The number of anilines is 2. The van der Waals surface area contributed by atoms with Gasteiger partial charge in [0.1, 0.15) is 0 Å². The van der Waals surface area contributed by atoms with Gasteiger partial charge >= 0.3 is 0 Å². The number of amides is 1. The number of hydrogen-bond acceptors (Lipinski definition) is 6. The average molecular weight is 328 g/mol. The van der Waals surface area contributed by atoms with Crippen LogP contribution in [0.5, 0.6) is 5.75 Å². The Morgan fingerprint density at radius 2 is 2.30 bits per heavy atom. The van der Waals surface area contributed by atoms with E-state index < -0.39 is 0 Å². The van der Waals surface area contributed by atoms with Crippen LogP contribution >= 0.6 is 11.3 Å². The number of ether oxygens (including phenoxy) is 1. The first-order valence-electron chi connectivity index (χ1n) is 6.96. The second-order valence-electron chi connectivity index (χ2n) is 5.01. The highest BCUT2D eigenvalue weighted by atomic mass is 32.1. The summed E-state index contributed by atoms with van der Waals surface area (Å²) in [6.07, 6.45) is 1.70. The summed E-state index contributed by atoms with van der Waals surface area (Å²) in [5.41, 5.74) is 1.92. The standard InChI is InChI=1S/C15H12N4O3S/c20-12-8-22-14-10(2-1-3-11(14)18-12)16-7-9-6-13(21)19-4-5-23-15(19)17-9/h1-6,16H,7-8H2,(H,18,20). The number of thiazole rings is 1. The van der Waals surface area contributed by atoms with Crippen LogP contribution in [0.25, 0.3) is 4.96 Å². The molecule has 4 rings (SSSR count). The van der Waals surface area contributed by atoms with Crippen molar-refractivity contribution >= 4 is 33.6 Å². The molecule has 0 radical (unpaired) electrons. The van der Waals surface area contributed by atoms with E-state index in [-0.39, 0.29) is 18.1 Å². The first kappa shape index (κ1) is 13.8. The number of carbonyl (C=O) groups excluding carboxylic acids is 1. The van der Waals surface area contributed by atoms with Crippen molar-refractivity contribution in [1.82, 2.24) is 9.38 Å². The molecule has 1 aliphatic rings. The van der Waals surface area contributed by atoms with Gasteiger partial charge in [-0.15, -0.1) is 11.3 Å². The van der Waals surface area contributed by atoms with Crippen molar-refractivity contribution in [2.45, 2.75) is 6.54 Å². The summed E-state index contributed by atoms with van der Waals surface area (Å²) < 4.78 is 6.99. The topological polar surface area (TPSA) is 84.7 Å². The Labute approximate surface area is 134 Å². The molecule has 2 aromatic heterocycles. The fourth-order valence-electron chi connectivity index (χ4n) is 2.42. The van der Waals surface area contributed by atoms with Crippen LogP contribution in [0.3, 0.4) is 0 Å². The fraction of sp³-hybridized carbons (Fsp3) is 0.133. The zero-order valence-electron chi connectivity index (χ0n) is 11.9. The van der Waals surface area contributed by atoms with Crippen molar-refractivity contribution in [3.05, 3.63) is 51.9 Å². The third-order valence-electron chi connectivity index (χ3n) is 3.45. The lowest BCUT2D eigenvalue weighted by atomic mass is 10.2. The molecule has 1 aromatic carbocycles. The van der Waals surface area contributed by atoms with Crippen molar-refractivity contribution < 1.29 is 9.53 Å². The van der Waals surface area contributed by atoms with Gasteiger partial charge in [-0.25, -0.2) is 4.98 Å². The van der Waals surface area contributed by atoms with Gasteiger partial charge < -0.3 is 15.4 Å². The lowest BCUT2D eigenvalue weighted by Gasteiger charge is -2.21. The van der Waals surface area contributed by atoms with Gasteiger partial charge in [0.05, 0.1) is 23.6 Å². The van der Waals surface area contributed by atoms with E-state index in [4.69, 9.17) is 4.74 Å². The zero-order chi connectivity index (χ0) is 15.8. The SMILES string of the molecule is O=C1COc2c(NCc3cc(=O)n4ccsc4n3)cccc2N1. The molecule has 3 aromatic rings. The molecular weight excluding hydrogens is 316 g/mol. The van der Waals surface area contributed by atoms with Crippen LogP contribution in [-0.2, 0) is 11.3 Å². The highest BCUT2D eigenvalue weighted by Gasteiger charge is 2.18. The zero-order valence-corrected chi connectivity index (χ0v) is 12.7. The average Bonchev–Trinajstić information content (AvgIpc) is 3.01. The molecule has 7 nitrogen and oxygen atoms in total. The van der Waals surface area contributed by atoms with Gasteiger partial charge in [-0.05, 0) is 12.1 Å². The minimum atomic E-state index is -0.174. The second kappa shape index (κ2) is 5.40. The Bertz CT molecular complexity index is 963. The maximum absolute atomic E-state index is 12.0. The lowest BCUT2D eigenvalue weighted by Crippen LogP contribution is -2.26. The normalized spacial score (nSPS) is 13.3. The third-order valence-corrected chi connectivity index (χ3v) is 4.21. The molecule has 3 heterocycles. The van der Waals surface area contributed by atoms with Gasteiger partial charge in [0.2, 0.25) is 0 Å². The molecule has 0 fully saturated rings. The van der Waals surface area contributed by atoms with E-state index in [1.54, 1.807) is 12.3 Å². The number of rotatable bonds is 3. The van der Waals surface area contributed by atoms with Gasteiger partial charge in [-0.3, -0.25) is 14.0 Å². The largest absolute Gasteiger partial charge is 0.479 e. The predicted molar refractivity (Wildman–Crippen MR) is 87.2 cm³/mol. The molecule has 0 saturated heterocycles. The maximum Gasteiger partial charge on any atom is 0.262 e. The number of benzene rings is 1. The predicted octanol–water partition coefficient (Wildman–Crippen LogP) is 1.70. The molecule has 2 N–H and O–H groups in total. The van der Waals surface area contributed by atoms with E-state index in [0.29, 0.717) is 28.6 Å². The summed E-state index contributed by atoms with van der Waals surface area (Å²) in [6.45, 7) is 0.379. The summed E-state index contributed by atoms with van der Waals surface area (Å²) in [5, 5.41) is 7.79. The van der Waals surface area contributed by atoms with Crippen molar-refractivity contribution in [3.63, 3.8) is 0 Å². The number of nitrogens with zero attached hydrogens (tertiary/aromatic N) is 2. The summed E-state index contributed by atoms with van der Waals surface area (Å²) in [5.74, 6) is 0.425.